The first-order chi connectivity index (χ1) is 13.7. The van der Waals surface area contributed by atoms with Gasteiger partial charge in [0.15, 0.2) is 6.04 Å². The highest BCUT2D eigenvalue weighted by molar-refractivity contribution is 5.52. The third-order valence-corrected chi connectivity index (χ3v) is 5.69. The Bertz CT molecular complexity index is 897. The number of benzene rings is 2. The predicted octanol–water partition coefficient (Wildman–Crippen LogP) is 2.05. The van der Waals surface area contributed by atoms with Crippen molar-refractivity contribution in [3.05, 3.63) is 71.1 Å². The minimum Gasteiger partial charge on any atom is -0.415 e. The normalized spacial score (nSPS) is 15.8. The van der Waals surface area contributed by atoms with Crippen molar-refractivity contribution < 1.29 is 14.6 Å². The molecule has 2 heterocycles. The van der Waals surface area contributed by atoms with Crippen molar-refractivity contribution in [2.24, 2.45) is 0 Å². The fraction of sp³-hybridized carbons (Fsp3) is 0.391. The van der Waals surface area contributed by atoms with Gasteiger partial charge < -0.3 is 14.6 Å². The molecule has 1 aliphatic heterocycles. The number of quaternary nitrogens is 2. The van der Waals surface area contributed by atoms with Crippen LogP contribution in [-0.2, 0) is 13.1 Å². The van der Waals surface area contributed by atoms with Crippen molar-refractivity contribution in [1.82, 2.24) is 10.2 Å². The first kappa shape index (κ1) is 18.8. The van der Waals surface area contributed by atoms with Gasteiger partial charge in [0.25, 0.3) is 5.89 Å². The van der Waals surface area contributed by atoms with Crippen LogP contribution in [0.15, 0.2) is 52.9 Å². The van der Waals surface area contributed by atoms with Crippen LogP contribution < -0.4 is 10.2 Å². The van der Waals surface area contributed by atoms with Crippen LogP contribution in [-0.4, -0.2) is 23.3 Å². The SMILES string of the molecule is Cc1ccc(-c2nnc([C@H](C)[NH2+]Cc3ccccc3C[NH+]3CCCC3)o2)cc1. The second-order valence-corrected chi connectivity index (χ2v) is 7.94. The lowest BCUT2D eigenvalue weighted by Crippen LogP contribution is -3.08. The maximum absolute atomic E-state index is 5.94. The van der Waals surface area contributed by atoms with Gasteiger partial charge in [-0.2, -0.15) is 0 Å². The molecule has 0 amide bonds. The Hall–Kier alpha value is -2.50. The number of aryl methyl sites for hydroxylation is 1. The van der Waals surface area contributed by atoms with Crippen LogP contribution in [0, 0.1) is 6.92 Å². The van der Waals surface area contributed by atoms with E-state index < -0.39 is 0 Å². The zero-order valence-electron chi connectivity index (χ0n) is 16.8. The van der Waals surface area contributed by atoms with Gasteiger partial charge in [-0.3, -0.25) is 0 Å². The average Bonchev–Trinajstić information content (AvgIpc) is 3.40. The van der Waals surface area contributed by atoms with Gasteiger partial charge in [0.05, 0.1) is 13.1 Å². The minimum atomic E-state index is 0.124. The van der Waals surface area contributed by atoms with Gasteiger partial charge in [-0.15, -0.1) is 10.2 Å². The van der Waals surface area contributed by atoms with Crippen LogP contribution in [0.5, 0.6) is 0 Å². The van der Waals surface area contributed by atoms with Crippen molar-refractivity contribution in [1.29, 1.82) is 0 Å². The highest BCUT2D eigenvalue weighted by Crippen LogP contribution is 2.20. The lowest BCUT2D eigenvalue weighted by Gasteiger charge is -2.15. The van der Waals surface area contributed by atoms with E-state index in [0.717, 1.165) is 18.7 Å². The van der Waals surface area contributed by atoms with Crippen LogP contribution in [0.3, 0.4) is 0 Å². The summed E-state index contributed by atoms with van der Waals surface area (Å²) in [6, 6.07) is 17.1. The van der Waals surface area contributed by atoms with E-state index in [0.29, 0.717) is 11.8 Å². The molecule has 0 saturated carbocycles. The number of likely N-dealkylation sites (tertiary alicyclic amines) is 1. The molecular formula is C23H30N4O+2. The number of nitrogens with zero attached hydrogens (tertiary/aromatic N) is 2. The van der Waals surface area contributed by atoms with Crippen molar-refractivity contribution in [3.63, 3.8) is 0 Å². The van der Waals surface area contributed by atoms with Gasteiger partial charge >= 0.3 is 0 Å². The quantitative estimate of drug-likeness (QED) is 0.662. The summed E-state index contributed by atoms with van der Waals surface area (Å²) in [4.78, 5) is 1.71. The molecule has 0 unspecified atom stereocenters. The van der Waals surface area contributed by atoms with E-state index in [2.05, 4.69) is 65.8 Å². The number of nitrogens with one attached hydrogen (secondary N) is 1. The highest BCUT2D eigenvalue weighted by atomic mass is 16.4. The Morgan fingerprint density at radius 3 is 2.46 bits per heavy atom. The summed E-state index contributed by atoms with van der Waals surface area (Å²) in [7, 11) is 0. The maximum Gasteiger partial charge on any atom is 0.274 e. The standard InChI is InChI=1S/C23H28N4O/c1-17-9-11-19(12-10-17)23-26-25-22(28-23)18(2)24-15-20-7-3-4-8-21(20)16-27-13-5-6-14-27/h3-4,7-12,18,24H,5-6,13-16H2,1-2H3/p+2/t18-/m0/s1. The molecule has 1 aromatic heterocycles. The zero-order chi connectivity index (χ0) is 19.3. The van der Waals surface area contributed by atoms with Crippen LogP contribution in [0.25, 0.3) is 11.5 Å². The van der Waals surface area contributed by atoms with Crippen LogP contribution in [0.1, 0.15) is 48.4 Å². The number of hydrogen-bond acceptors (Lipinski definition) is 3. The van der Waals surface area contributed by atoms with Crippen molar-refractivity contribution in [2.45, 2.75) is 45.8 Å². The summed E-state index contributed by atoms with van der Waals surface area (Å²) in [6.45, 7) is 8.86. The van der Waals surface area contributed by atoms with Crippen molar-refractivity contribution in [3.8, 4) is 11.5 Å². The molecule has 1 atom stereocenters. The molecule has 0 radical (unpaired) electrons. The number of rotatable bonds is 7. The largest absolute Gasteiger partial charge is 0.415 e. The highest BCUT2D eigenvalue weighted by Gasteiger charge is 2.20. The molecule has 0 aliphatic carbocycles. The number of nitrogens with two attached hydrogens (primary N) is 1. The van der Waals surface area contributed by atoms with E-state index in [1.807, 2.05) is 12.1 Å². The topological polar surface area (TPSA) is 60.0 Å². The molecule has 3 N–H and O–H groups in total. The average molecular weight is 379 g/mol. The molecular weight excluding hydrogens is 348 g/mol. The molecule has 5 nitrogen and oxygen atoms in total. The zero-order valence-corrected chi connectivity index (χ0v) is 16.8. The van der Waals surface area contributed by atoms with Gasteiger partial charge in [0, 0.05) is 29.5 Å². The molecule has 5 heteroatoms. The Labute approximate surface area is 166 Å². The molecule has 2 aromatic carbocycles. The van der Waals surface area contributed by atoms with E-state index in [1.54, 1.807) is 4.90 Å². The monoisotopic (exact) mass is 378 g/mol. The summed E-state index contributed by atoms with van der Waals surface area (Å²) in [5.74, 6) is 1.27. The van der Waals surface area contributed by atoms with E-state index in [-0.39, 0.29) is 6.04 Å². The second kappa shape index (κ2) is 8.67. The van der Waals surface area contributed by atoms with Gasteiger partial charge in [-0.05, 0) is 26.0 Å². The van der Waals surface area contributed by atoms with E-state index >= 15 is 0 Å². The Morgan fingerprint density at radius 1 is 1.00 bits per heavy atom. The molecule has 1 fully saturated rings. The Morgan fingerprint density at radius 2 is 1.71 bits per heavy atom. The third kappa shape index (κ3) is 4.49. The lowest BCUT2D eigenvalue weighted by atomic mass is 10.1. The van der Waals surface area contributed by atoms with Crippen LogP contribution in [0.2, 0.25) is 0 Å². The van der Waals surface area contributed by atoms with Crippen molar-refractivity contribution in [2.75, 3.05) is 13.1 Å². The summed E-state index contributed by atoms with van der Waals surface area (Å²) < 4.78 is 5.94. The first-order valence-electron chi connectivity index (χ1n) is 10.3. The fourth-order valence-electron chi connectivity index (χ4n) is 3.89. The van der Waals surface area contributed by atoms with E-state index in [1.165, 1.54) is 42.6 Å². The molecule has 28 heavy (non-hydrogen) atoms. The minimum absolute atomic E-state index is 0.124. The third-order valence-electron chi connectivity index (χ3n) is 5.69. The first-order valence-corrected chi connectivity index (χ1v) is 10.3. The predicted molar refractivity (Wildman–Crippen MR) is 109 cm³/mol. The van der Waals surface area contributed by atoms with Crippen LogP contribution >= 0.6 is 0 Å². The number of hydrogen-bond donors (Lipinski definition) is 2. The molecule has 4 rings (SSSR count). The van der Waals surface area contributed by atoms with E-state index in [9.17, 15) is 0 Å². The van der Waals surface area contributed by atoms with Gasteiger partial charge in [0.2, 0.25) is 5.89 Å². The second-order valence-electron chi connectivity index (χ2n) is 7.94. The van der Waals surface area contributed by atoms with Crippen LogP contribution in [0.4, 0.5) is 0 Å². The van der Waals surface area contributed by atoms with E-state index in [4.69, 9.17) is 4.42 Å². The molecule has 3 aromatic rings. The summed E-state index contributed by atoms with van der Waals surface area (Å²) >= 11 is 0. The fourth-order valence-corrected chi connectivity index (χ4v) is 3.89. The molecule has 1 aliphatic rings. The summed E-state index contributed by atoms with van der Waals surface area (Å²) in [5.41, 5.74) is 5.07. The molecule has 0 bridgehead atoms. The van der Waals surface area contributed by atoms with Gasteiger partial charge in [-0.25, -0.2) is 0 Å². The summed E-state index contributed by atoms with van der Waals surface area (Å²) in [6.07, 6.45) is 2.72. The maximum atomic E-state index is 5.94. The van der Waals surface area contributed by atoms with Gasteiger partial charge in [0.1, 0.15) is 13.1 Å². The Kier molecular flexibility index (Phi) is 5.84. The number of aromatic nitrogens is 2. The molecule has 146 valence electrons. The summed E-state index contributed by atoms with van der Waals surface area (Å²) in [5, 5.41) is 10.8. The lowest BCUT2D eigenvalue weighted by molar-refractivity contribution is -0.901. The molecule has 0 spiro atoms. The van der Waals surface area contributed by atoms with Crippen molar-refractivity contribution >= 4 is 0 Å². The molecule has 1 saturated heterocycles. The smallest absolute Gasteiger partial charge is 0.274 e. The van der Waals surface area contributed by atoms with Gasteiger partial charge in [-0.1, -0.05) is 42.0 Å². The Balaban J connectivity index is 1.39.